The molecule has 1 aliphatic heterocycles. The first-order valence-corrected chi connectivity index (χ1v) is 8.82. The Hall–Kier alpha value is -1.42. The molecule has 0 radical (unpaired) electrons. The maximum Gasteiger partial charge on any atom is 0.161 e. The van der Waals surface area contributed by atoms with Crippen LogP contribution in [-0.2, 0) is 13.0 Å². The molecule has 3 rings (SSSR count). The SMILES string of the molecule is COc1cc2c(cc1OC)[C@H](C)[NH+](Cc1ccc(Cl)c(Cl)c1)CC2. The Morgan fingerprint density at radius 3 is 2.42 bits per heavy atom. The van der Waals surface area contributed by atoms with Gasteiger partial charge in [-0.1, -0.05) is 29.3 Å². The molecule has 0 amide bonds. The van der Waals surface area contributed by atoms with Crippen LogP contribution in [0.5, 0.6) is 11.5 Å². The van der Waals surface area contributed by atoms with Gasteiger partial charge in [0.25, 0.3) is 0 Å². The van der Waals surface area contributed by atoms with E-state index in [4.69, 9.17) is 32.7 Å². The predicted octanol–water partition coefficient (Wildman–Crippen LogP) is 3.71. The second-order valence-corrected chi connectivity index (χ2v) is 7.03. The molecule has 3 nitrogen and oxygen atoms in total. The van der Waals surface area contributed by atoms with Crippen molar-refractivity contribution in [1.82, 2.24) is 0 Å². The summed E-state index contributed by atoms with van der Waals surface area (Å²) in [7, 11) is 3.36. The van der Waals surface area contributed by atoms with E-state index in [9.17, 15) is 0 Å². The number of methoxy groups -OCH3 is 2. The second-order valence-electron chi connectivity index (χ2n) is 6.21. The number of hydrogen-bond acceptors (Lipinski definition) is 2. The third-order valence-corrected chi connectivity index (χ3v) is 5.59. The summed E-state index contributed by atoms with van der Waals surface area (Å²) in [5.41, 5.74) is 3.88. The van der Waals surface area contributed by atoms with E-state index in [1.807, 2.05) is 12.1 Å². The van der Waals surface area contributed by atoms with Gasteiger partial charge in [0.05, 0.1) is 30.8 Å². The van der Waals surface area contributed by atoms with Gasteiger partial charge in [-0.15, -0.1) is 0 Å². The van der Waals surface area contributed by atoms with Gasteiger partial charge in [-0.25, -0.2) is 0 Å². The van der Waals surface area contributed by atoms with Crippen molar-refractivity contribution in [1.29, 1.82) is 0 Å². The van der Waals surface area contributed by atoms with Gasteiger partial charge in [-0.05, 0) is 36.8 Å². The number of ether oxygens (including phenoxy) is 2. The van der Waals surface area contributed by atoms with E-state index in [2.05, 4.69) is 25.1 Å². The Labute approximate surface area is 153 Å². The van der Waals surface area contributed by atoms with Crippen LogP contribution >= 0.6 is 23.2 Å². The predicted molar refractivity (Wildman–Crippen MR) is 97.7 cm³/mol. The average molecular weight is 367 g/mol. The van der Waals surface area contributed by atoms with Crippen molar-refractivity contribution in [3.05, 3.63) is 57.1 Å². The van der Waals surface area contributed by atoms with E-state index in [-0.39, 0.29) is 0 Å². The first kappa shape index (κ1) is 17.4. The molecule has 5 heteroatoms. The molecule has 0 aliphatic carbocycles. The number of halogens is 2. The molecule has 1 aliphatic rings. The highest BCUT2D eigenvalue weighted by Crippen LogP contribution is 2.34. The molecule has 24 heavy (non-hydrogen) atoms. The van der Waals surface area contributed by atoms with Gasteiger partial charge in [-0.3, -0.25) is 0 Å². The molecule has 0 fully saturated rings. The first-order chi connectivity index (χ1) is 11.5. The van der Waals surface area contributed by atoms with E-state index in [0.717, 1.165) is 31.0 Å². The Balaban J connectivity index is 1.85. The molecule has 2 atom stereocenters. The van der Waals surface area contributed by atoms with E-state index >= 15 is 0 Å². The monoisotopic (exact) mass is 366 g/mol. The van der Waals surface area contributed by atoms with E-state index in [1.165, 1.54) is 21.6 Å². The lowest BCUT2D eigenvalue weighted by molar-refractivity contribution is -0.945. The third kappa shape index (κ3) is 3.34. The van der Waals surface area contributed by atoms with Gasteiger partial charge in [0.15, 0.2) is 11.5 Å². The molecule has 1 heterocycles. The van der Waals surface area contributed by atoms with Crippen LogP contribution in [0.2, 0.25) is 10.0 Å². The molecule has 0 bridgehead atoms. The van der Waals surface area contributed by atoms with Crippen molar-refractivity contribution in [2.75, 3.05) is 20.8 Å². The van der Waals surface area contributed by atoms with Crippen LogP contribution in [0.3, 0.4) is 0 Å². The molecule has 0 aromatic heterocycles. The van der Waals surface area contributed by atoms with Crippen LogP contribution in [0, 0.1) is 0 Å². The maximum absolute atomic E-state index is 6.15. The number of quaternary nitrogens is 1. The fraction of sp³-hybridized carbons (Fsp3) is 0.368. The van der Waals surface area contributed by atoms with Gasteiger partial charge in [0.2, 0.25) is 0 Å². The summed E-state index contributed by atoms with van der Waals surface area (Å²) in [4.78, 5) is 1.51. The van der Waals surface area contributed by atoms with Gasteiger partial charge in [-0.2, -0.15) is 0 Å². The van der Waals surface area contributed by atoms with Crippen LogP contribution in [-0.4, -0.2) is 20.8 Å². The summed E-state index contributed by atoms with van der Waals surface area (Å²) in [6, 6.07) is 10.5. The van der Waals surface area contributed by atoms with Crippen molar-refractivity contribution >= 4 is 23.2 Å². The molecular weight excluding hydrogens is 345 g/mol. The zero-order valence-electron chi connectivity index (χ0n) is 14.2. The van der Waals surface area contributed by atoms with Gasteiger partial charge in [0, 0.05) is 17.5 Å². The first-order valence-electron chi connectivity index (χ1n) is 8.06. The summed E-state index contributed by atoms with van der Waals surface area (Å²) < 4.78 is 10.9. The molecule has 128 valence electrons. The molecule has 2 aromatic carbocycles. The highest BCUT2D eigenvalue weighted by molar-refractivity contribution is 6.42. The number of rotatable bonds is 4. The van der Waals surface area contributed by atoms with Crippen LogP contribution in [0.15, 0.2) is 30.3 Å². The summed E-state index contributed by atoms with van der Waals surface area (Å²) in [5.74, 6) is 1.59. The topological polar surface area (TPSA) is 22.9 Å². The largest absolute Gasteiger partial charge is 0.493 e. The second kappa shape index (κ2) is 7.22. The molecule has 1 N–H and O–H groups in total. The molecular formula is C19H22Cl2NO2+. The summed E-state index contributed by atoms with van der Waals surface area (Å²) in [5, 5.41) is 1.22. The summed E-state index contributed by atoms with van der Waals surface area (Å²) in [6.07, 6.45) is 1.02. The van der Waals surface area contributed by atoms with Crippen LogP contribution in [0.1, 0.15) is 29.7 Å². The quantitative estimate of drug-likeness (QED) is 0.890. The Morgan fingerprint density at radius 2 is 1.75 bits per heavy atom. The Morgan fingerprint density at radius 1 is 1.04 bits per heavy atom. The van der Waals surface area contributed by atoms with Crippen molar-refractivity contribution < 1.29 is 14.4 Å². The molecule has 1 unspecified atom stereocenters. The molecule has 0 saturated carbocycles. The zero-order chi connectivity index (χ0) is 17.3. The molecule has 0 spiro atoms. The lowest BCUT2D eigenvalue weighted by Crippen LogP contribution is -3.11. The Kier molecular flexibility index (Phi) is 5.24. The number of nitrogens with one attached hydrogen (secondary N) is 1. The lowest BCUT2D eigenvalue weighted by atomic mass is 9.92. The fourth-order valence-corrected chi connectivity index (χ4v) is 3.76. The Bertz CT molecular complexity index is 748. The third-order valence-electron chi connectivity index (χ3n) is 4.85. The normalized spacial score (nSPS) is 19.7. The van der Waals surface area contributed by atoms with Crippen molar-refractivity contribution in [2.45, 2.75) is 25.9 Å². The van der Waals surface area contributed by atoms with Gasteiger partial charge < -0.3 is 14.4 Å². The van der Waals surface area contributed by atoms with Crippen LogP contribution < -0.4 is 14.4 Å². The summed E-state index contributed by atoms with van der Waals surface area (Å²) in [6.45, 7) is 4.26. The van der Waals surface area contributed by atoms with Crippen molar-refractivity contribution in [3.8, 4) is 11.5 Å². The van der Waals surface area contributed by atoms with Crippen molar-refractivity contribution in [2.24, 2.45) is 0 Å². The minimum Gasteiger partial charge on any atom is -0.493 e. The van der Waals surface area contributed by atoms with Crippen molar-refractivity contribution in [3.63, 3.8) is 0 Å². The average Bonchev–Trinajstić information content (AvgIpc) is 2.59. The minimum atomic E-state index is 0.378. The minimum absolute atomic E-state index is 0.378. The number of hydrogen-bond donors (Lipinski definition) is 1. The fourth-order valence-electron chi connectivity index (χ4n) is 3.44. The zero-order valence-corrected chi connectivity index (χ0v) is 15.7. The highest BCUT2D eigenvalue weighted by atomic mass is 35.5. The smallest absolute Gasteiger partial charge is 0.161 e. The maximum atomic E-state index is 6.15. The molecule has 0 saturated heterocycles. The van der Waals surface area contributed by atoms with Gasteiger partial charge >= 0.3 is 0 Å². The van der Waals surface area contributed by atoms with Crippen LogP contribution in [0.25, 0.3) is 0 Å². The standard InChI is InChI=1S/C19H21Cl2NO2/c1-12-15-10-19(24-3)18(23-2)9-14(15)6-7-22(12)11-13-4-5-16(20)17(21)8-13/h4-5,8-10,12H,6-7,11H2,1-3H3/p+1/t12-/m0/s1. The van der Waals surface area contributed by atoms with E-state index < -0.39 is 0 Å². The highest BCUT2D eigenvalue weighted by Gasteiger charge is 2.29. The van der Waals surface area contributed by atoms with Crippen LogP contribution in [0.4, 0.5) is 0 Å². The van der Waals surface area contributed by atoms with E-state index in [1.54, 1.807) is 14.2 Å². The number of fused-ring (bicyclic) bond motifs is 1. The summed E-state index contributed by atoms with van der Waals surface area (Å²) >= 11 is 12.2. The molecule has 2 aromatic rings. The lowest BCUT2D eigenvalue weighted by Gasteiger charge is -2.33. The van der Waals surface area contributed by atoms with Gasteiger partial charge in [0.1, 0.15) is 12.6 Å². The van der Waals surface area contributed by atoms with E-state index in [0.29, 0.717) is 16.1 Å². The number of benzene rings is 2.